The molecule has 40 heavy (non-hydrogen) atoms. The Hall–Kier alpha value is -4.80. The lowest BCUT2D eigenvalue weighted by atomic mass is 10.0. The highest BCUT2D eigenvalue weighted by atomic mass is 16.7. The van der Waals surface area contributed by atoms with Crippen molar-refractivity contribution in [1.29, 1.82) is 0 Å². The summed E-state index contributed by atoms with van der Waals surface area (Å²) in [5, 5.41) is 15.7. The summed E-state index contributed by atoms with van der Waals surface area (Å²) in [5.41, 5.74) is 2.78. The second-order valence-electron chi connectivity index (χ2n) is 10.6. The maximum absolute atomic E-state index is 14.0. The van der Waals surface area contributed by atoms with Gasteiger partial charge in [-0.05, 0) is 68.3 Å². The van der Waals surface area contributed by atoms with Gasteiger partial charge >= 0.3 is 0 Å². The first kappa shape index (κ1) is 26.8. The second kappa shape index (κ2) is 11.1. The standard InChI is InChI=1S/C29H31N7O4/c1-19-5-8-22(9-6-19)27-32-34-36(33-27)17-25(37)35(16-20-7-10-23-24(15-20)40-18-39-23)26(21-11-13-30-14-12-21)28(38)31-29(2,3)4/h5-15,26H,16-18H2,1-4H3,(H,31,38)/t26-/m0/s1. The van der Waals surface area contributed by atoms with Gasteiger partial charge in [0.25, 0.3) is 0 Å². The molecule has 0 bridgehead atoms. The Balaban J connectivity index is 1.48. The molecular weight excluding hydrogens is 510 g/mol. The Morgan fingerprint density at radius 1 is 1.02 bits per heavy atom. The number of aryl methyl sites for hydroxylation is 1. The molecule has 11 nitrogen and oxygen atoms in total. The third-order valence-corrected chi connectivity index (χ3v) is 6.23. The SMILES string of the molecule is Cc1ccc(-c2nnn(CC(=O)N(Cc3ccc4c(c3)OCO4)[C@H](C(=O)NC(C)(C)C)c3ccncc3)n2)cc1. The van der Waals surface area contributed by atoms with E-state index in [1.165, 1.54) is 9.70 Å². The van der Waals surface area contributed by atoms with Gasteiger partial charge in [-0.3, -0.25) is 14.6 Å². The molecule has 0 saturated heterocycles. The normalized spacial score (nSPS) is 13.1. The summed E-state index contributed by atoms with van der Waals surface area (Å²) in [6.45, 7) is 7.72. The van der Waals surface area contributed by atoms with Gasteiger partial charge in [0, 0.05) is 30.0 Å². The monoisotopic (exact) mass is 541 g/mol. The predicted octanol–water partition coefficient (Wildman–Crippen LogP) is 3.46. The van der Waals surface area contributed by atoms with Crippen LogP contribution >= 0.6 is 0 Å². The highest BCUT2D eigenvalue weighted by Gasteiger charge is 2.34. The molecule has 2 aromatic heterocycles. The molecule has 206 valence electrons. The zero-order chi connectivity index (χ0) is 28.3. The number of aromatic nitrogens is 5. The molecule has 1 aliphatic rings. The molecule has 4 aromatic rings. The van der Waals surface area contributed by atoms with E-state index in [0.717, 1.165) is 16.7 Å². The summed E-state index contributed by atoms with van der Waals surface area (Å²) < 4.78 is 11.0. The van der Waals surface area contributed by atoms with Gasteiger partial charge in [-0.1, -0.05) is 35.9 Å². The van der Waals surface area contributed by atoms with E-state index < -0.39 is 11.6 Å². The van der Waals surface area contributed by atoms with Crippen molar-refractivity contribution in [1.82, 2.24) is 35.4 Å². The summed E-state index contributed by atoms with van der Waals surface area (Å²) in [7, 11) is 0. The van der Waals surface area contributed by atoms with Crippen LogP contribution in [0.5, 0.6) is 11.5 Å². The van der Waals surface area contributed by atoms with E-state index in [9.17, 15) is 9.59 Å². The third-order valence-electron chi connectivity index (χ3n) is 6.23. The molecule has 0 saturated carbocycles. The Morgan fingerprint density at radius 2 is 1.75 bits per heavy atom. The minimum atomic E-state index is -0.944. The molecule has 3 heterocycles. The van der Waals surface area contributed by atoms with E-state index >= 15 is 0 Å². The van der Waals surface area contributed by atoms with E-state index in [-0.39, 0.29) is 31.7 Å². The average Bonchev–Trinajstić information content (AvgIpc) is 3.58. The fraction of sp³-hybridized carbons (Fsp3) is 0.310. The topological polar surface area (TPSA) is 124 Å². The Morgan fingerprint density at radius 3 is 2.48 bits per heavy atom. The van der Waals surface area contributed by atoms with Crippen LogP contribution in [0.1, 0.15) is 43.5 Å². The van der Waals surface area contributed by atoms with E-state index in [0.29, 0.717) is 22.9 Å². The number of carbonyl (C=O) groups excluding carboxylic acids is 2. The molecule has 0 unspecified atom stereocenters. The lowest BCUT2D eigenvalue weighted by molar-refractivity contribution is -0.143. The van der Waals surface area contributed by atoms with E-state index in [4.69, 9.17) is 9.47 Å². The van der Waals surface area contributed by atoms with Crippen LogP contribution in [0.25, 0.3) is 11.4 Å². The molecule has 11 heteroatoms. The molecule has 5 rings (SSSR count). The van der Waals surface area contributed by atoms with Gasteiger partial charge in [0.2, 0.25) is 24.4 Å². The van der Waals surface area contributed by atoms with Crippen LogP contribution < -0.4 is 14.8 Å². The average molecular weight is 542 g/mol. The zero-order valence-electron chi connectivity index (χ0n) is 22.9. The quantitative estimate of drug-likeness (QED) is 0.360. The number of pyridine rings is 1. The highest BCUT2D eigenvalue weighted by molar-refractivity contribution is 5.89. The van der Waals surface area contributed by atoms with Gasteiger partial charge in [0.15, 0.2) is 11.5 Å². The van der Waals surface area contributed by atoms with Crippen molar-refractivity contribution in [2.45, 2.75) is 52.4 Å². The minimum Gasteiger partial charge on any atom is -0.454 e. The summed E-state index contributed by atoms with van der Waals surface area (Å²) in [6.07, 6.45) is 3.20. The van der Waals surface area contributed by atoms with Crippen LogP contribution in [-0.2, 0) is 22.7 Å². The number of fused-ring (bicyclic) bond motifs is 1. The van der Waals surface area contributed by atoms with Gasteiger partial charge in [-0.25, -0.2) is 0 Å². The molecule has 0 radical (unpaired) electrons. The first-order valence-electron chi connectivity index (χ1n) is 12.9. The minimum absolute atomic E-state index is 0.125. The van der Waals surface area contributed by atoms with Crippen molar-refractivity contribution in [3.05, 3.63) is 83.7 Å². The van der Waals surface area contributed by atoms with Crippen molar-refractivity contribution < 1.29 is 19.1 Å². The van der Waals surface area contributed by atoms with Crippen LogP contribution in [-0.4, -0.2) is 54.2 Å². The van der Waals surface area contributed by atoms with Crippen LogP contribution in [0, 0.1) is 6.92 Å². The molecule has 1 N–H and O–H groups in total. The number of benzene rings is 2. The van der Waals surface area contributed by atoms with Crippen molar-refractivity contribution in [3.8, 4) is 22.9 Å². The second-order valence-corrected chi connectivity index (χ2v) is 10.6. The van der Waals surface area contributed by atoms with Crippen LogP contribution in [0.3, 0.4) is 0 Å². The Labute approximate surface area is 232 Å². The Kier molecular flexibility index (Phi) is 7.45. The van der Waals surface area contributed by atoms with Crippen molar-refractivity contribution in [3.63, 3.8) is 0 Å². The number of nitrogens with zero attached hydrogens (tertiary/aromatic N) is 6. The molecule has 1 aliphatic heterocycles. The van der Waals surface area contributed by atoms with Crippen molar-refractivity contribution in [2.24, 2.45) is 0 Å². The summed E-state index contributed by atoms with van der Waals surface area (Å²) >= 11 is 0. The predicted molar refractivity (Wildman–Crippen MR) is 146 cm³/mol. The van der Waals surface area contributed by atoms with E-state index in [2.05, 4.69) is 25.7 Å². The largest absolute Gasteiger partial charge is 0.454 e. The number of hydrogen-bond donors (Lipinski definition) is 1. The molecule has 2 amide bonds. The number of rotatable bonds is 8. The maximum atomic E-state index is 14.0. The van der Waals surface area contributed by atoms with Crippen molar-refractivity contribution >= 4 is 11.8 Å². The molecule has 1 atom stereocenters. The summed E-state index contributed by atoms with van der Waals surface area (Å²) in [6, 6.07) is 15.7. The van der Waals surface area contributed by atoms with Crippen molar-refractivity contribution in [2.75, 3.05) is 6.79 Å². The molecule has 0 spiro atoms. The molecule has 2 aromatic carbocycles. The van der Waals surface area contributed by atoms with Gasteiger partial charge in [0.05, 0.1) is 0 Å². The summed E-state index contributed by atoms with van der Waals surface area (Å²) in [4.78, 5) is 34.6. The fourth-order valence-corrected chi connectivity index (χ4v) is 4.36. The van der Waals surface area contributed by atoms with Crippen LogP contribution in [0.4, 0.5) is 0 Å². The number of amides is 2. The van der Waals surface area contributed by atoms with Crippen LogP contribution in [0.15, 0.2) is 67.0 Å². The lowest BCUT2D eigenvalue weighted by Gasteiger charge is -2.33. The van der Waals surface area contributed by atoms with E-state index in [1.54, 1.807) is 30.6 Å². The first-order chi connectivity index (χ1) is 19.2. The Bertz CT molecular complexity index is 1500. The zero-order valence-corrected chi connectivity index (χ0v) is 22.9. The number of nitrogens with one attached hydrogen (secondary N) is 1. The molecular formula is C29H31N7O4. The first-order valence-corrected chi connectivity index (χ1v) is 12.9. The van der Waals surface area contributed by atoms with Gasteiger partial charge in [-0.15, -0.1) is 10.2 Å². The maximum Gasteiger partial charge on any atom is 0.247 e. The van der Waals surface area contributed by atoms with E-state index in [1.807, 2.05) is 64.1 Å². The number of carbonyl (C=O) groups is 2. The number of tetrazole rings is 1. The smallest absolute Gasteiger partial charge is 0.247 e. The molecule has 0 aliphatic carbocycles. The lowest BCUT2D eigenvalue weighted by Crippen LogP contribution is -2.49. The fourth-order valence-electron chi connectivity index (χ4n) is 4.36. The highest BCUT2D eigenvalue weighted by Crippen LogP contribution is 2.34. The van der Waals surface area contributed by atoms with Gasteiger partial charge < -0.3 is 19.7 Å². The third kappa shape index (κ3) is 6.25. The van der Waals surface area contributed by atoms with Gasteiger partial charge in [-0.2, -0.15) is 4.80 Å². The van der Waals surface area contributed by atoms with Gasteiger partial charge in [0.1, 0.15) is 12.6 Å². The number of hydrogen-bond acceptors (Lipinski definition) is 8. The molecule has 0 fully saturated rings. The summed E-state index contributed by atoms with van der Waals surface area (Å²) in [5.74, 6) is 0.945. The van der Waals surface area contributed by atoms with Crippen LogP contribution in [0.2, 0.25) is 0 Å². The number of ether oxygens (including phenoxy) is 2.